The molecule has 11 nitrogen and oxygen atoms in total. The van der Waals surface area contributed by atoms with Crippen molar-refractivity contribution in [1.29, 1.82) is 0 Å². The molecule has 0 aromatic rings. The van der Waals surface area contributed by atoms with Gasteiger partial charge in [0.1, 0.15) is 18.3 Å². The van der Waals surface area contributed by atoms with Gasteiger partial charge in [-0.1, -0.05) is 90.9 Å². The summed E-state index contributed by atoms with van der Waals surface area (Å²) in [5.74, 6) is -1.90. The number of unbranched alkanes of at least 4 members (excludes halogenated alkanes) is 12. The molecule has 0 aromatic carbocycles. The molecule has 4 N–H and O–H groups in total. The van der Waals surface area contributed by atoms with E-state index in [1.165, 1.54) is 57.8 Å². The van der Waals surface area contributed by atoms with Crippen LogP contribution in [0, 0.1) is 0 Å². The first kappa shape index (κ1) is 39.2. The summed E-state index contributed by atoms with van der Waals surface area (Å²) < 4.78 is 22.6. The Hall–Kier alpha value is -1.79. The second kappa shape index (κ2) is 23.6. The Morgan fingerprint density at radius 1 is 0.628 bits per heavy atom. The molecule has 7 atom stereocenters. The Balaban J connectivity index is 2.76. The van der Waals surface area contributed by atoms with Gasteiger partial charge in [0.2, 0.25) is 0 Å². The topological polar surface area (TPSA) is 169 Å². The summed E-state index contributed by atoms with van der Waals surface area (Å²) in [5, 5.41) is 39.5. The molecule has 1 fully saturated rings. The molecule has 0 radical (unpaired) electrons. The molecule has 1 heterocycles. The Labute approximate surface area is 257 Å². The number of hydrogen-bond donors (Lipinski definition) is 4. The highest BCUT2D eigenvalue weighted by molar-refractivity contribution is 5.71. The fraction of sp³-hybridized carbons (Fsp3) is 0.906. The number of hydrogen-bond acceptors (Lipinski definition) is 11. The van der Waals surface area contributed by atoms with Crippen LogP contribution in [0.5, 0.6) is 0 Å². The van der Waals surface area contributed by atoms with E-state index < -0.39 is 73.8 Å². The van der Waals surface area contributed by atoms with Gasteiger partial charge in [0.15, 0.2) is 18.3 Å². The maximum absolute atomic E-state index is 13.0. The molecule has 43 heavy (non-hydrogen) atoms. The summed E-state index contributed by atoms with van der Waals surface area (Å²) in [4.78, 5) is 37.4. The van der Waals surface area contributed by atoms with Gasteiger partial charge in [-0.25, -0.2) is 0 Å². The normalized spacial score (nSPS) is 23.4. The molecule has 1 aliphatic heterocycles. The zero-order chi connectivity index (χ0) is 32.0. The number of carbonyl (C=O) groups is 3. The van der Waals surface area contributed by atoms with Crippen LogP contribution in [0.1, 0.15) is 130 Å². The van der Waals surface area contributed by atoms with Gasteiger partial charge in [0, 0.05) is 26.2 Å². The average Bonchev–Trinajstić information content (AvgIpc) is 2.97. The number of esters is 3. The van der Waals surface area contributed by atoms with Crippen molar-refractivity contribution in [1.82, 2.24) is 0 Å². The van der Waals surface area contributed by atoms with Crippen molar-refractivity contribution in [3.05, 3.63) is 0 Å². The molecular formula is C32H58O11. The fourth-order valence-electron chi connectivity index (χ4n) is 5.37. The zero-order valence-electron chi connectivity index (χ0n) is 26.6. The van der Waals surface area contributed by atoms with E-state index in [1.807, 2.05) is 0 Å². The lowest BCUT2D eigenvalue weighted by Crippen LogP contribution is -2.63. The van der Waals surface area contributed by atoms with Crippen molar-refractivity contribution in [2.24, 2.45) is 0 Å². The minimum atomic E-state index is -1.49. The van der Waals surface area contributed by atoms with Crippen molar-refractivity contribution < 1.29 is 53.8 Å². The summed E-state index contributed by atoms with van der Waals surface area (Å²) in [6.07, 6.45) is 6.37. The smallest absolute Gasteiger partial charge is 0.306 e. The van der Waals surface area contributed by atoms with E-state index in [-0.39, 0.29) is 19.3 Å². The van der Waals surface area contributed by atoms with Gasteiger partial charge in [-0.2, -0.15) is 0 Å². The van der Waals surface area contributed by atoms with Crippen LogP contribution in [0.15, 0.2) is 0 Å². The van der Waals surface area contributed by atoms with Crippen LogP contribution < -0.4 is 0 Å². The molecule has 0 amide bonds. The van der Waals surface area contributed by atoms with E-state index in [2.05, 4.69) is 6.92 Å². The molecule has 11 heteroatoms. The van der Waals surface area contributed by atoms with Crippen LogP contribution in [0.2, 0.25) is 0 Å². The monoisotopic (exact) mass is 618 g/mol. The van der Waals surface area contributed by atoms with Crippen LogP contribution in [-0.4, -0.2) is 94.3 Å². The summed E-state index contributed by atoms with van der Waals surface area (Å²) in [6.45, 7) is 3.84. The molecule has 1 rings (SSSR count). The van der Waals surface area contributed by atoms with Gasteiger partial charge in [0.05, 0.1) is 19.3 Å². The van der Waals surface area contributed by atoms with Crippen LogP contribution in [0.4, 0.5) is 0 Å². The molecule has 1 saturated heterocycles. The molecule has 0 aliphatic carbocycles. The minimum Gasteiger partial charge on any atom is -0.456 e. The summed E-state index contributed by atoms with van der Waals surface area (Å²) in [7, 11) is 0. The Bertz CT molecular complexity index is 762. The third-order valence-corrected chi connectivity index (χ3v) is 7.79. The number of rotatable bonds is 24. The quantitative estimate of drug-likeness (QED) is 0.0703. The van der Waals surface area contributed by atoms with Gasteiger partial charge in [-0.3, -0.25) is 14.4 Å². The second-order valence-electron chi connectivity index (χ2n) is 11.7. The van der Waals surface area contributed by atoms with Gasteiger partial charge >= 0.3 is 17.9 Å². The Kier molecular flexibility index (Phi) is 21.5. The predicted octanol–water partition coefficient (Wildman–Crippen LogP) is 3.89. The molecule has 0 aromatic heterocycles. The standard InChI is InChI=1S/C32H58O11/c1-4-6-7-8-9-10-11-12-13-14-15-16-17-19-29(39)43-32-30(42-28(38)18-5-2)26(20-24(36)25(37)21-33)41-27(22-34)31(32)40-23(3)35/h24-27,30-34,36-37H,4-22H2,1-3H3/t24-,25+,26-,27+,30+,31+,32+/m1/s1. The maximum atomic E-state index is 13.0. The fourth-order valence-corrected chi connectivity index (χ4v) is 5.37. The highest BCUT2D eigenvalue weighted by Crippen LogP contribution is 2.32. The van der Waals surface area contributed by atoms with Crippen molar-refractivity contribution in [3.63, 3.8) is 0 Å². The van der Waals surface area contributed by atoms with Crippen LogP contribution in [0.25, 0.3) is 0 Å². The zero-order valence-corrected chi connectivity index (χ0v) is 26.6. The van der Waals surface area contributed by atoms with Crippen molar-refractivity contribution in [3.8, 4) is 0 Å². The molecule has 0 unspecified atom stereocenters. The summed E-state index contributed by atoms with van der Waals surface area (Å²) >= 11 is 0. The van der Waals surface area contributed by atoms with Crippen molar-refractivity contribution in [2.75, 3.05) is 13.2 Å². The second-order valence-corrected chi connectivity index (χ2v) is 11.7. The number of aliphatic hydroxyl groups excluding tert-OH is 4. The molecule has 0 saturated carbocycles. The van der Waals surface area contributed by atoms with E-state index >= 15 is 0 Å². The SMILES string of the molecule is CCCCCCCCCCCCCCCC(=O)O[C@@H]1[C@@H](OC(C)=O)[C@H](CO)O[C@H](C[C@@H](O)[C@@H](O)CO)[C@@H]1OC(=O)CCC. The molecule has 252 valence electrons. The van der Waals surface area contributed by atoms with Crippen molar-refractivity contribution >= 4 is 17.9 Å². The third-order valence-electron chi connectivity index (χ3n) is 7.79. The highest BCUT2D eigenvalue weighted by Gasteiger charge is 2.52. The van der Waals surface area contributed by atoms with Gasteiger partial charge in [-0.15, -0.1) is 0 Å². The first-order valence-electron chi connectivity index (χ1n) is 16.5. The molecule has 1 aliphatic rings. The van der Waals surface area contributed by atoms with Crippen LogP contribution in [0.3, 0.4) is 0 Å². The summed E-state index contributed by atoms with van der Waals surface area (Å²) in [5.41, 5.74) is 0. The number of carbonyl (C=O) groups excluding carboxylic acids is 3. The Morgan fingerprint density at radius 3 is 1.60 bits per heavy atom. The first-order chi connectivity index (χ1) is 20.7. The van der Waals surface area contributed by atoms with E-state index in [1.54, 1.807) is 6.92 Å². The van der Waals surface area contributed by atoms with E-state index in [0.717, 1.165) is 26.2 Å². The first-order valence-corrected chi connectivity index (χ1v) is 16.5. The third kappa shape index (κ3) is 16.2. The van der Waals surface area contributed by atoms with Gasteiger partial charge in [-0.05, 0) is 12.8 Å². The lowest BCUT2D eigenvalue weighted by atomic mass is 9.90. The average molecular weight is 619 g/mol. The van der Waals surface area contributed by atoms with E-state index in [9.17, 15) is 34.8 Å². The number of ether oxygens (including phenoxy) is 4. The lowest BCUT2D eigenvalue weighted by molar-refractivity contribution is -0.257. The lowest BCUT2D eigenvalue weighted by Gasteiger charge is -2.45. The van der Waals surface area contributed by atoms with E-state index in [0.29, 0.717) is 12.8 Å². The largest absolute Gasteiger partial charge is 0.456 e. The molecule has 0 bridgehead atoms. The molecule has 0 spiro atoms. The highest BCUT2D eigenvalue weighted by atomic mass is 16.6. The minimum absolute atomic E-state index is 0.0618. The predicted molar refractivity (Wildman–Crippen MR) is 160 cm³/mol. The maximum Gasteiger partial charge on any atom is 0.306 e. The van der Waals surface area contributed by atoms with Crippen LogP contribution >= 0.6 is 0 Å². The summed E-state index contributed by atoms with van der Waals surface area (Å²) in [6, 6.07) is 0. The van der Waals surface area contributed by atoms with Crippen LogP contribution in [-0.2, 0) is 33.3 Å². The van der Waals surface area contributed by atoms with Gasteiger partial charge < -0.3 is 39.4 Å². The van der Waals surface area contributed by atoms with E-state index in [4.69, 9.17) is 18.9 Å². The number of aliphatic hydroxyl groups is 4. The van der Waals surface area contributed by atoms with Gasteiger partial charge in [0.25, 0.3) is 0 Å². The Morgan fingerprint density at radius 2 is 1.12 bits per heavy atom. The van der Waals surface area contributed by atoms with Crippen molar-refractivity contribution in [2.45, 2.75) is 173 Å². The molecular weight excluding hydrogens is 560 g/mol.